The van der Waals surface area contributed by atoms with Gasteiger partial charge in [-0.25, -0.2) is 0 Å². The fourth-order valence-electron chi connectivity index (χ4n) is 3.31. The lowest BCUT2D eigenvalue weighted by Crippen LogP contribution is -2.49. The Morgan fingerprint density at radius 3 is 2.47 bits per heavy atom. The Balaban J connectivity index is 1.68. The molecule has 1 saturated heterocycles. The van der Waals surface area contributed by atoms with Crippen LogP contribution in [0.4, 0.5) is 0 Å². The molecule has 0 spiro atoms. The van der Waals surface area contributed by atoms with Gasteiger partial charge in [-0.05, 0) is 51.0 Å². The Kier molecular flexibility index (Phi) is 3.73. The maximum absolute atomic E-state index is 11.1. The first-order valence-corrected chi connectivity index (χ1v) is 6.80. The average molecular weight is 239 g/mol. The van der Waals surface area contributed by atoms with Crippen molar-refractivity contribution in [3.63, 3.8) is 0 Å². The molecule has 0 aromatic rings. The highest BCUT2D eigenvalue weighted by atomic mass is 16.1. The second kappa shape index (κ2) is 4.94. The minimum absolute atomic E-state index is 0.393. The van der Waals surface area contributed by atoms with E-state index in [1.807, 2.05) is 0 Å². The van der Waals surface area contributed by atoms with Crippen LogP contribution in [0.25, 0.3) is 0 Å². The Hall–Kier alpha value is -0.610. The first-order chi connectivity index (χ1) is 7.99. The van der Waals surface area contributed by atoms with Crippen molar-refractivity contribution in [1.82, 2.24) is 4.90 Å². The molecule has 17 heavy (non-hydrogen) atoms. The summed E-state index contributed by atoms with van der Waals surface area (Å²) in [7, 11) is 0. The average Bonchev–Trinajstić information content (AvgIpc) is 2.76. The number of carbonyl (C=O) groups excluding carboxylic acids is 1. The Labute approximate surface area is 104 Å². The number of nitrogens with zero attached hydrogens (tertiary/aromatic N) is 1. The molecular weight excluding hydrogens is 214 g/mol. The number of hydrogen-bond acceptors (Lipinski definition) is 3. The zero-order valence-corrected chi connectivity index (χ0v) is 10.8. The molecule has 1 saturated carbocycles. The fraction of sp³-hybridized carbons (Fsp3) is 0.923. The van der Waals surface area contributed by atoms with E-state index < -0.39 is 11.4 Å². The Morgan fingerprint density at radius 2 is 1.94 bits per heavy atom. The second-order valence-corrected chi connectivity index (χ2v) is 6.10. The molecule has 0 radical (unpaired) electrons. The lowest BCUT2D eigenvalue weighted by Gasteiger charge is -2.22. The lowest BCUT2D eigenvalue weighted by molar-refractivity contribution is -0.122. The SMILES string of the molecule is CC(N)(CCCN1CC2CCCC2C1)C(N)=O. The summed E-state index contributed by atoms with van der Waals surface area (Å²) in [5, 5.41) is 0. The summed E-state index contributed by atoms with van der Waals surface area (Å²) in [6, 6.07) is 0. The van der Waals surface area contributed by atoms with Gasteiger partial charge in [0.25, 0.3) is 0 Å². The van der Waals surface area contributed by atoms with Crippen LogP contribution in [0.5, 0.6) is 0 Å². The van der Waals surface area contributed by atoms with Crippen molar-refractivity contribution in [2.75, 3.05) is 19.6 Å². The smallest absolute Gasteiger partial charge is 0.237 e. The van der Waals surface area contributed by atoms with Crippen molar-refractivity contribution in [1.29, 1.82) is 0 Å². The molecule has 4 N–H and O–H groups in total. The van der Waals surface area contributed by atoms with Crippen LogP contribution in [-0.4, -0.2) is 36.0 Å². The summed E-state index contributed by atoms with van der Waals surface area (Å²) < 4.78 is 0. The third-order valence-corrected chi connectivity index (χ3v) is 4.54. The highest BCUT2D eigenvalue weighted by Gasteiger charge is 2.35. The molecule has 0 aromatic heterocycles. The first-order valence-electron chi connectivity index (χ1n) is 6.80. The highest BCUT2D eigenvalue weighted by Crippen LogP contribution is 2.37. The van der Waals surface area contributed by atoms with E-state index >= 15 is 0 Å². The largest absolute Gasteiger partial charge is 0.368 e. The van der Waals surface area contributed by atoms with E-state index in [1.54, 1.807) is 6.92 Å². The number of amides is 1. The van der Waals surface area contributed by atoms with Crippen molar-refractivity contribution in [3.05, 3.63) is 0 Å². The molecule has 0 aromatic carbocycles. The Morgan fingerprint density at radius 1 is 1.35 bits per heavy atom. The number of rotatable bonds is 5. The molecular formula is C13H25N3O. The van der Waals surface area contributed by atoms with Gasteiger partial charge < -0.3 is 16.4 Å². The molecule has 2 fully saturated rings. The normalized spacial score (nSPS) is 32.4. The van der Waals surface area contributed by atoms with E-state index in [0.717, 1.165) is 24.8 Å². The molecule has 1 amide bonds. The van der Waals surface area contributed by atoms with Gasteiger partial charge in [-0.2, -0.15) is 0 Å². The minimum Gasteiger partial charge on any atom is -0.368 e. The summed E-state index contributed by atoms with van der Waals surface area (Å²) in [6.45, 7) is 5.30. The molecule has 1 heterocycles. The summed E-state index contributed by atoms with van der Waals surface area (Å²) in [4.78, 5) is 13.6. The molecule has 3 atom stereocenters. The molecule has 98 valence electrons. The van der Waals surface area contributed by atoms with Crippen LogP contribution in [0.1, 0.15) is 39.0 Å². The predicted molar refractivity (Wildman–Crippen MR) is 68.3 cm³/mol. The van der Waals surface area contributed by atoms with Gasteiger partial charge in [0, 0.05) is 13.1 Å². The van der Waals surface area contributed by atoms with Crippen LogP contribution in [0.3, 0.4) is 0 Å². The molecule has 4 nitrogen and oxygen atoms in total. The second-order valence-electron chi connectivity index (χ2n) is 6.10. The third kappa shape index (κ3) is 2.99. The zero-order valence-electron chi connectivity index (χ0n) is 10.8. The van der Waals surface area contributed by atoms with Gasteiger partial charge in [0.2, 0.25) is 5.91 Å². The van der Waals surface area contributed by atoms with Crippen LogP contribution in [-0.2, 0) is 4.79 Å². The van der Waals surface area contributed by atoms with Gasteiger partial charge >= 0.3 is 0 Å². The first kappa shape index (κ1) is 12.8. The van der Waals surface area contributed by atoms with Gasteiger partial charge in [0.15, 0.2) is 0 Å². The van der Waals surface area contributed by atoms with Gasteiger partial charge in [-0.3, -0.25) is 4.79 Å². The molecule has 1 aliphatic carbocycles. The Bertz CT molecular complexity index is 278. The standard InChI is InChI=1S/C13H25N3O/c1-13(15,12(14)17)6-3-7-16-8-10-4-2-5-11(10)9-16/h10-11H,2-9,15H2,1H3,(H2,14,17). The van der Waals surface area contributed by atoms with E-state index in [0.29, 0.717) is 6.42 Å². The topological polar surface area (TPSA) is 72.3 Å². The number of carbonyl (C=O) groups is 1. The number of hydrogen-bond donors (Lipinski definition) is 2. The summed E-state index contributed by atoms with van der Waals surface area (Å²) >= 11 is 0. The van der Waals surface area contributed by atoms with Gasteiger partial charge in [0.1, 0.15) is 0 Å². The lowest BCUT2D eigenvalue weighted by atomic mass is 9.96. The van der Waals surface area contributed by atoms with Crippen LogP contribution in [0.15, 0.2) is 0 Å². The molecule has 2 rings (SSSR count). The van der Waals surface area contributed by atoms with Crippen LogP contribution < -0.4 is 11.5 Å². The highest BCUT2D eigenvalue weighted by molar-refractivity contribution is 5.83. The summed E-state index contributed by atoms with van der Waals surface area (Å²) in [5.74, 6) is 1.49. The molecule has 4 heteroatoms. The summed E-state index contributed by atoms with van der Waals surface area (Å²) in [5.41, 5.74) is 10.3. The van der Waals surface area contributed by atoms with E-state index in [1.165, 1.54) is 32.4 Å². The van der Waals surface area contributed by atoms with E-state index in [9.17, 15) is 4.79 Å². The molecule has 0 bridgehead atoms. The van der Waals surface area contributed by atoms with Crippen molar-refractivity contribution in [2.45, 2.75) is 44.6 Å². The van der Waals surface area contributed by atoms with E-state index in [-0.39, 0.29) is 0 Å². The number of primary amides is 1. The van der Waals surface area contributed by atoms with Crippen molar-refractivity contribution in [2.24, 2.45) is 23.3 Å². The monoisotopic (exact) mass is 239 g/mol. The number of fused-ring (bicyclic) bond motifs is 1. The molecule has 3 unspecified atom stereocenters. The van der Waals surface area contributed by atoms with Crippen LogP contribution in [0.2, 0.25) is 0 Å². The van der Waals surface area contributed by atoms with E-state index in [4.69, 9.17) is 11.5 Å². The van der Waals surface area contributed by atoms with Gasteiger partial charge in [-0.1, -0.05) is 6.42 Å². The minimum atomic E-state index is -0.838. The van der Waals surface area contributed by atoms with Crippen molar-refractivity contribution >= 4 is 5.91 Å². The van der Waals surface area contributed by atoms with Crippen LogP contribution in [0, 0.1) is 11.8 Å². The third-order valence-electron chi connectivity index (χ3n) is 4.54. The van der Waals surface area contributed by atoms with Crippen molar-refractivity contribution < 1.29 is 4.79 Å². The number of likely N-dealkylation sites (tertiary alicyclic amines) is 1. The maximum atomic E-state index is 11.1. The van der Waals surface area contributed by atoms with E-state index in [2.05, 4.69) is 4.90 Å². The molecule has 2 aliphatic rings. The number of nitrogens with two attached hydrogens (primary N) is 2. The fourth-order valence-corrected chi connectivity index (χ4v) is 3.31. The van der Waals surface area contributed by atoms with Gasteiger partial charge in [0.05, 0.1) is 5.54 Å². The predicted octanol–water partition coefficient (Wildman–Crippen LogP) is 0.701. The van der Waals surface area contributed by atoms with Crippen LogP contribution >= 0.6 is 0 Å². The van der Waals surface area contributed by atoms with Gasteiger partial charge in [-0.15, -0.1) is 0 Å². The van der Waals surface area contributed by atoms with Crippen molar-refractivity contribution in [3.8, 4) is 0 Å². The quantitative estimate of drug-likeness (QED) is 0.742. The maximum Gasteiger partial charge on any atom is 0.237 e. The molecule has 1 aliphatic heterocycles. The summed E-state index contributed by atoms with van der Waals surface area (Å²) in [6.07, 6.45) is 5.91. The zero-order chi connectivity index (χ0) is 12.5.